The van der Waals surface area contributed by atoms with Crippen molar-refractivity contribution in [2.75, 3.05) is 10.6 Å². The minimum absolute atomic E-state index is 0.209. The van der Waals surface area contributed by atoms with Crippen LogP contribution in [0.2, 0.25) is 0 Å². The molecule has 2 N–H and O–H groups in total. The Balaban J connectivity index is 1.53. The maximum Gasteiger partial charge on any atom is 0.352 e. The van der Waals surface area contributed by atoms with Gasteiger partial charge in [-0.25, -0.2) is 13.9 Å². The van der Waals surface area contributed by atoms with Crippen molar-refractivity contribution in [3.05, 3.63) is 81.8 Å². The maximum absolute atomic E-state index is 12.5. The number of halogens is 1. The zero-order valence-corrected chi connectivity index (χ0v) is 16.1. The van der Waals surface area contributed by atoms with Crippen LogP contribution in [-0.2, 0) is 11.3 Å². The molecule has 0 spiro atoms. The summed E-state index contributed by atoms with van der Waals surface area (Å²) in [6.45, 7) is -0.212. The molecule has 140 valence electrons. The highest BCUT2D eigenvalue weighted by Crippen LogP contribution is 2.16. The molecule has 4 rings (SSSR count). The van der Waals surface area contributed by atoms with E-state index in [9.17, 15) is 9.59 Å². The van der Waals surface area contributed by atoms with E-state index in [2.05, 4.69) is 36.6 Å². The largest absolute Gasteiger partial charge is 0.352 e. The lowest BCUT2D eigenvalue weighted by Crippen LogP contribution is -2.28. The van der Waals surface area contributed by atoms with Crippen molar-refractivity contribution in [1.82, 2.24) is 19.2 Å². The highest BCUT2D eigenvalue weighted by molar-refractivity contribution is 9.10. The van der Waals surface area contributed by atoms with Crippen LogP contribution in [0.25, 0.3) is 5.78 Å². The van der Waals surface area contributed by atoms with Crippen LogP contribution in [0.3, 0.4) is 0 Å². The lowest BCUT2D eigenvalue weighted by Gasteiger charge is -2.04. The molecule has 1 amide bonds. The number of amides is 1. The van der Waals surface area contributed by atoms with Gasteiger partial charge in [0.05, 0.1) is 0 Å². The molecule has 28 heavy (non-hydrogen) atoms. The van der Waals surface area contributed by atoms with Gasteiger partial charge in [0.2, 0.25) is 5.91 Å². The van der Waals surface area contributed by atoms with E-state index >= 15 is 0 Å². The van der Waals surface area contributed by atoms with Gasteiger partial charge in [-0.15, -0.1) is 5.10 Å². The van der Waals surface area contributed by atoms with Gasteiger partial charge in [-0.05, 0) is 36.4 Å². The maximum atomic E-state index is 12.5. The number of para-hydroxylation sites is 1. The van der Waals surface area contributed by atoms with Crippen LogP contribution >= 0.6 is 15.9 Å². The minimum atomic E-state index is -0.432. The lowest BCUT2D eigenvalue weighted by atomic mass is 10.3. The summed E-state index contributed by atoms with van der Waals surface area (Å²) in [5.74, 6) is 0.405. The fourth-order valence-electron chi connectivity index (χ4n) is 2.65. The fraction of sp³-hybridized carbons (Fsp3) is 0.0526. The average Bonchev–Trinajstić information content (AvgIpc) is 2.97. The second-order valence-corrected chi connectivity index (χ2v) is 6.89. The van der Waals surface area contributed by atoms with Gasteiger partial charge in [-0.1, -0.05) is 40.2 Å². The zero-order valence-electron chi connectivity index (χ0n) is 14.5. The molecule has 4 aromatic rings. The summed E-state index contributed by atoms with van der Waals surface area (Å²) in [6.07, 6.45) is 1.58. The van der Waals surface area contributed by atoms with Gasteiger partial charge in [-0.3, -0.25) is 4.79 Å². The third-order valence-corrected chi connectivity index (χ3v) is 4.40. The van der Waals surface area contributed by atoms with Gasteiger partial charge < -0.3 is 10.6 Å². The molecule has 0 fully saturated rings. The molecule has 8 nitrogen and oxygen atoms in total. The molecule has 0 aliphatic heterocycles. The second kappa shape index (κ2) is 7.65. The van der Waals surface area contributed by atoms with Crippen LogP contribution in [0.4, 0.5) is 17.2 Å². The molecule has 0 radical (unpaired) electrons. The van der Waals surface area contributed by atoms with Crippen LogP contribution in [0.5, 0.6) is 0 Å². The van der Waals surface area contributed by atoms with Crippen molar-refractivity contribution in [3.8, 4) is 0 Å². The van der Waals surface area contributed by atoms with Gasteiger partial charge in [0.25, 0.3) is 5.78 Å². The number of aromatic nitrogens is 4. The Kier molecular flexibility index (Phi) is 4.90. The van der Waals surface area contributed by atoms with Gasteiger partial charge >= 0.3 is 5.69 Å². The summed E-state index contributed by atoms with van der Waals surface area (Å²) in [5.41, 5.74) is 1.07. The number of carbonyl (C=O) groups is 1. The second-order valence-electron chi connectivity index (χ2n) is 5.97. The summed E-state index contributed by atoms with van der Waals surface area (Å²) in [5, 5.41) is 10.0. The number of hydrogen-bond donors (Lipinski definition) is 2. The molecule has 0 saturated carbocycles. The van der Waals surface area contributed by atoms with Crippen LogP contribution < -0.4 is 16.3 Å². The number of carbonyl (C=O) groups excluding carboxylic acids is 1. The fourth-order valence-corrected chi connectivity index (χ4v) is 3.05. The van der Waals surface area contributed by atoms with Crippen molar-refractivity contribution in [1.29, 1.82) is 0 Å². The first kappa shape index (κ1) is 17.9. The Morgan fingerprint density at radius 3 is 2.61 bits per heavy atom. The first-order chi connectivity index (χ1) is 13.6. The quantitative estimate of drug-likeness (QED) is 0.499. The summed E-state index contributed by atoms with van der Waals surface area (Å²) >= 11 is 3.35. The molecule has 2 aromatic heterocycles. The number of benzene rings is 2. The summed E-state index contributed by atoms with van der Waals surface area (Å²) in [6, 6.07) is 18.4. The average molecular weight is 439 g/mol. The van der Waals surface area contributed by atoms with Crippen LogP contribution in [-0.4, -0.2) is 25.1 Å². The Morgan fingerprint density at radius 1 is 1.04 bits per heavy atom. The standard InChI is InChI=1S/C19H15BrN6O2/c20-13-5-4-8-15(11-13)22-17(27)12-26-19(28)25-10-9-16(23-18(25)24-26)21-14-6-2-1-3-7-14/h1-11H,12H2,(H,22,27)(H,21,23,24). The van der Waals surface area contributed by atoms with Gasteiger partial charge in [0.15, 0.2) is 0 Å². The topological polar surface area (TPSA) is 93.3 Å². The molecule has 0 bridgehead atoms. The molecule has 0 unspecified atom stereocenters. The number of hydrogen-bond acceptors (Lipinski definition) is 5. The van der Waals surface area contributed by atoms with Crippen molar-refractivity contribution < 1.29 is 4.79 Å². The smallest absolute Gasteiger partial charge is 0.340 e. The Bertz CT molecular complexity index is 1200. The van der Waals surface area contributed by atoms with Crippen molar-refractivity contribution in [2.24, 2.45) is 0 Å². The predicted molar refractivity (Wildman–Crippen MR) is 110 cm³/mol. The summed E-state index contributed by atoms with van der Waals surface area (Å²) < 4.78 is 3.22. The van der Waals surface area contributed by atoms with Crippen molar-refractivity contribution >= 4 is 44.8 Å². The SMILES string of the molecule is O=C(Cn1nc2nc(Nc3ccccc3)ccn2c1=O)Nc1cccc(Br)c1. The van der Waals surface area contributed by atoms with E-state index in [0.717, 1.165) is 14.8 Å². The molecule has 0 saturated heterocycles. The lowest BCUT2D eigenvalue weighted by molar-refractivity contribution is -0.117. The van der Waals surface area contributed by atoms with Gasteiger partial charge in [0.1, 0.15) is 12.4 Å². The van der Waals surface area contributed by atoms with E-state index < -0.39 is 5.69 Å². The first-order valence-corrected chi connectivity index (χ1v) is 9.21. The molecule has 0 aliphatic carbocycles. The van der Waals surface area contributed by atoms with Crippen LogP contribution in [0.1, 0.15) is 0 Å². The summed E-state index contributed by atoms with van der Waals surface area (Å²) in [4.78, 5) is 29.1. The van der Waals surface area contributed by atoms with E-state index in [4.69, 9.17) is 0 Å². The number of anilines is 3. The third-order valence-electron chi connectivity index (χ3n) is 3.90. The predicted octanol–water partition coefficient (Wildman–Crippen LogP) is 3.04. The highest BCUT2D eigenvalue weighted by Gasteiger charge is 2.12. The molecule has 2 aromatic carbocycles. The van der Waals surface area contributed by atoms with Crippen molar-refractivity contribution in [3.63, 3.8) is 0 Å². The number of rotatable bonds is 5. The first-order valence-electron chi connectivity index (χ1n) is 8.42. The van der Waals surface area contributed by atoms with E-state index in [1.54, 1.807) is 24.4 Å². The Hall–Kier alpha value is -3.46. The van der Waals surface area contributed by atoms with E-state index in [1.807, 2.05) is 42.5 Å². The number of nitrogens with one attached hydrogen (secondary N) is 2. The molecule has 9 heteroatoms. The highest BCUT2D eigenvalue weighted by atomic mass is 79.9. The number of fused-ring (bicyclic) bond motifs is 1. The molecule has 0 atom stereocenters. The summed E-state index contributed by atoms with van der Waals surface area (Å²) in [7, 11) is 0. The Morgan fingerprint density at radius 2 is 1.82 bits per heavy atom. The van der Waals surface area contributed by atoms with Crippen LogP contribution in [0, 0.1) is 0 Å². The Labute approximate surface area is 168 Å². The molecule has 0 aliphatic rings. The van der Waals surface area contributed by atoms with Crippen molar-refractivity contribution in [2.45, 2.75) is 6.54 Å². The van der Waals surface area contributed by atoms with E-state index in [-0.39, 0.29) is 18.2 Å². The van der Waals surface area contributed by atoms with Gasteiger partial charge in [0, 0.05) is 22.0 Å². The van der Waals surface area contributed by atoms with Crippen LogP contribution in [0.15, 0.2) is 76.1 Å². The monoisotopic (exact) mass is 438 g/mol. The van der Waals surface area contributed by atoms with E-state index in [1.165, 1.54) is 4.40 Å². The third kappa shape index (κ3) is 3.94. The number of nitrogens with zero attached hydrogens (tertiary/aromatic N) is 4. The van der Waals surface area contributed by atoms with E-state index in [0.29, 0.717) is 11.5 Å². The minimum Gasteiger partial charge on any atom is -0.340 e. The normalized spacial score (nSPS) is 10.8. The zero-order chi connectivity index (χ0) is 19.5. The van der Waals surface area contributed by atoms with Gasteiger partial charge in [-0.2, -0.15) is 4.98 Å². The molecule has 2 heterocycles. The molecular weight excluding hydrogens is 424 g/mol. The molecular formula is C19H15BrN6O2.